The summed E-state index contributed by atoms with van der Waals surface area (Å²) in [5, 5.41) is 16.0. The topological polar surface area (TPSA) is 114 Å². The van der Waals surface area contributed by atoms with Gasteiger partial charge >= 0.3 is 0 Å². The minimum atomic E-state index is -0.491. The lowest BCUT2D eigenvalue weighted by Gasteiger charge is -2.37. The fraction of sp³-hybridized carbons (Fsp3) is 0.370. The van der Waals surface area contributed by atoms with E-state index in [1.165, 1.54) is 22.3 Å². The Bertz CT molecular complexity index is 2090. The zero-order chi connectivity index (χ0) is 38.8. The summed E-state index contributed by atoms with van der Waals surface area (Å²) >= 11 is 0. The predicted octanol–water partition coefficient (Wildman–Crippen LogP) is 5.70. The molecule has 0 bridgehead atoms. The molecular weight excluding hydrogens is 703 g/mol. The number of nitrogens with one attached hydrogen (secondary N) is 2. The van der Waals surface area contributed by atoms with Crippen LogP contribution in [0.2, 0.25) is 0 Å². The number of allylic oxidation sites excluding steroid dienone is 1. The van der Waals surface area contributed by atoms with Gasteiger partial charge in [-0.1, -0.05) is 67.2 Å². The van der Waals surface area contributed by atoms with E-state index in [4.69, 9.17) is 4.74 Å². The maximum atomic E-state index is 13.1. The second-order valence-corrected chi connectivity index (χ2v) is 15.8. The normalized spacial score (nSPS) is 21.9. The van der Waals surface area contributed by atoms with Crippen LogP contribution in [-0.4, -0.2) is 88.9 Å². The molecule has 1 aliphatic carbocycles. The molecule has 4 atom stereocenters. The molecule has 2 fully saturated rings. The van der Waals surface area contributed by atoms with E-state index in [2.05, 4.69) is 94.6 Å². The number of nitrogens with zero attached hydrogens (tertiary/aromatic N) is 3. The SMILES string of the molecule is C=C1CCC(N2Cc3cc(CNC(=O)CN4CCN([C@H](C)COc5ccc([C@@H]6c7ccc(O)cc7CC[C@@H]6c6ccccc6)cc5)CC4)ccc3C2=O)C(=O)N1. The monoisotopic (exact) mass is 753 g/mol. The zero-order valence-electron chi connectivity index (χ0n) is 32.1. The smallest absolute Gasteiger partial charge is 0.255 e. The molecule has 10 nitrogen and oxygen atoms in total. The van der Waals surface area contributed by atoms with Gasteiger partial charge in [0.05, 0.1) is 6.54 Å². The van der Waals surface area contributed by atoms with E-state index in [-0.39, 0.29) is 29.7 Å². The van der Waals surface area contributed by atoms with Crippen LogP contribution in [0.5, 0.6) is 11.5 Å². The minimum absolute atomic E-state index is 0.0273. The Morgan fingerprint density at radius 1 is 0.911 bits per heavy atom. The minimum Gasteiger partial charge on any atom is -0.508 e. The van der Waals surface area contributed by atoms with E-state index in [9.17, 15) is 19.5 Å². The molecule has 4 aliphatic rings. The number of phenols is 1. The van der Waals surface area contributed by atoms with Gasteiger partial charge in [0.15, 0.2) is 0 Å². The number of carbonyl (C=O) groups excluding carboxylic acids is 3. The number of aryl methyl sites for hydroxylation is 1. The van der Waals surface area contributed by atoms with Crippen LogP contribution in [0.3, 0.4) is 0 Å². The van der Waals surface area contributed by atoms with Gasteiger partial charge in [-0.25, -0.2) is 0 Å². The lowest BCUT2D eigenvalue weighted by Crippen LogP contribution is -2.52. The molecule has 8 rings (SSSR count). The van der Waals surface area contributed by atoms with Crippen LogP contribution in [0.1, 0.15) is 81.8 Å². The number of ether oxygens (including phenoxy) is 1. The Morgan fingerprint density at radius 2 is 1.70 bits per heavy atom. The zero-order valence-corrected chi connectivity index (χ0v) is 32.1. The van der Waals surface area contributed by atoms with Crippen molar-refractivity contribution in [2.45, 2.75) is 69.6 Å². The number of hydrogen-bond acceptors (Lipinski definition) is 7. The number of hydrogen-bond donors (Lipinski definition) is 3. The lowest BCUT2D eigenvalue weighted by molar-refractivity contribution is -0.126. The molecule has 4 aromatic carbocycles. The van der Waals surface area contributed by atoms with Gasteiger partial charge in [0.1, 0.15) is 24.1 Å². The fourth-order valence-corrected chi connectivity index (χ4v) is 9.01. The first-order chi connectivity index (χ1) is 27.2. The van der Waals surface area contributed by atoms with Crippen molar-refractivity contribution in [1.82, 2.24) is 25.3 Å². The molecule has 0 aromatic heterocycles. The molecular formula is C46H51N5O5. The van der Waals surface area contributed by atoms with Gasteiger partial charge in [-0.2, -0.15) is 0 Å². The number of aromatic hydroxyl groups is 1. The van der Waals surface area contributed by atoms with E-state index in [0.29, 0.717) is 62.0 Å². The first kappa shape index (κ1) is 37.5. The maximum Gasteiger partial charge on any atom is 0.255 e. The van der Waals surface area contributed by atoms with Crippen molar-refractivity contribution >= 4 is 17.7 Å². The van der Waals surface area contributed by atoms with Crippen LogP contribution >= 0.6 is 0 Å². The summed E-state index contributed by atoms with van der Waals surface area (Å²) in [7, 11) is 0. The molecule has 0 spiro atoms. The fourth-order valence-electron chi connectivity index (χ4n) is 9.01. The third kappa shape index (κ3) is 8.08. The van der Waals surface area contributed by atoms with Crippen LogP contribution in [0.15, 0.2) is 103 Å². The summed E-state index contributed by atoms with van der Waals surface area (Å²) in [6.45, 7) is 11.0. The number of piperidine rings is 1. The number of benzene rings is 4. The van der Waals surface area contributed by atoms with Crippen LogP contribution < -0.4 is 15.4 Å². The standard InChI is InChI=1S/C46H51N5O5/c1-30-8-19-42(45(54)48-30)51-27-36-24-32(9-16-41(36)46(51)55)26-47-43(53)28-49-20-22-50(23-21-49)31(2)29-56-38-14-10-34(11-15-38)44-39(33-6-4-3-5-7-33)17-12-35-25-37(52)13-18-40(35)44/h3-7,9-11,13-16,18,24-25,31,39,42,44,52H,1,8,12,17,19-23,26-29H2,2H3,(H,47,53)(H,48,54)/t31-,39-,42?,44+/m1/s1. The third-order valence-electron chi connectivity index (χ3n) is 12.1. The largest absolute Gasteiger partial charge is 0.508 e. The predicted molar refractivity (Wildman–Crippen MR) is 215 cm³/mol. The number of rotatable bonds is 11. The van der Waals surface area contributed by atoms with Crippen molar-refractivity contribution in [1.29, 1.82) is 0 Å². The molecule has 290 valence electrons. The maximum absolute atomic E-state index is 13.1. The highest BCUT2D eigenvalue weighted by Crippen LogP contribution is 2.47. The van der Waals surface area contributed by atoms with Crippen molar-refractivity contribution in [2.75, 3.05) is 39.3 Å². The molecule has 10 heteroatoms. The second-order valence-electron chi connectivity index (χ2n) is 15.8. The Morgan fingerprint density at radius 3 is 2.46 bits per heavy atom. The average Bonchev–Trinajstić information content (AvgIpc) is 3.54. The van der Waals surface area contributed by atoms with Gasteiger partial charge < -0.3 is 25.4 Å². The molecule has 56 heavy (non-hydrogen) atoms. The molecule has 3 N–H and O–H groups in total. The highest BCUT2D eigenvalue weighted by atomic mass is 16.5. The van der Waals surface area contributed by atoms with Crippen LogP contribution in [0, 0.1) is 0 Å². The van der Waals surface area contributed by atoms with Crippen LogP contribution in [0.25, 0.3) is 0 Å². The van der Waals surface area contributed by atoms with Gasteiger partial charge in [-0.15, -0.1) is 0 Å². The number of fused-ring (bicyclic) bond motifs is 2. The second kappa shape index (κ2) is 16.3. The molecule has 3 amide bonds. The molecule has 1 unspecified atom stereocenters. The molecule has 0 saturated carbocycles. The summed E-state index contributed by atoms with van der Waals surface area (Å²) < 4.78 is 6.31. The van der Waals surface area contributed by atoms with Gasteiger partial charge in [-0.3, -0.25) is 24.2 Å². The highest BCUT2D eigenvalue weighted by molar-refractivity contribution is 6.01. The third-order valence-corrected chi connectivity index (χ3v) is 12.1. The molecule has 3 heterocycles. The summed E-state index contributed by atoms with van der Waals surface area (Å²) in [4.78, 5) is 44.8. The van der Waals surface area contributed by atoms with E-state index in [1.807, 2.05) is 30.3 Å². The molecule has 0 radical (unpaired) electrons. The molecule has 2 saturated heterocycles. The number of carbonyl (C=O) groups is 3. The lowest BCUT2D eigenvalue weighted by atomic mass is 9.69. The van der Waals surface area contributed by atoms with Crippen LogP contribution in [-0.2, 0) is 29.1 Å². The van der Waals surface area contributed by atoms with Crippen molar-refractivity contribution < 1.29 is 24.2 Å². The number of amides is 3. The van der Waals surface area contributed by atoms with Gasteiger partial charge in [0.25, 0.3) is 5.91 Å². The van der Waals surface area contributed by atoms with E-state index in [1.54, 1.807) is 4.90 Å². The van der Waals surface area contributed by atoms with E-state index in [0.717, 1.165) is 55.9 Å². The Labute approximate surface area is 329 Å². The Balaban J connectivity index is 0.789. The van der Waals surface area contributed by atoms with Crippen molar-refractivity contribution in [2.24, 2.45) is 0 Å². The highest BCUT2D eigenvalue weighted by Gasteiger charge is 2.38. The quantitative estimate of drug-likeness (QED) is 0.180. The van der Waals surface area contributed by atoms with Crippen molar-refractivity contribution in [3.05, 3.63) is 142 Å². The van der Waals surface area contributed by atoms with Crippen LogP contribution in [0.4, 0.5) is 0 Å². The average molecular weight is 754 g/mol. The van der Waals surface area contributed by atoms with Gasteiger partial charge in [-0.05, 0) is 102 Å². The summed E-state index contributed by atoms with van der Waals surface area (Å²) in [5.74, 6) is 1.40. The first-order valence-corrected chi connectivity index (χ1v) is 19.9. The van der Waals surface area contributed by atoms with E-state index < -0.39 is 6.04 Å². The van der Waals surface area contributed by atoms with Gasteiger partial charge in [0.2, 0.25) is 11.8 Å². The summed E-state index contributed by atoms with van der Waals surface area (Å²) in [5.41, 5.74) is 8.22. The van der Waals surface area contributed by atoms with Crippen molar-refractivity contribution in [3.63, 3.8) is 0 Å². The van der Waals surface area contributed by atoms with E-state index >= 15 is 0 Å². The summed E-state index contributed by atoms with van der Waals surface area (Å²) in [6, 6.07) is 30.5. The summed E-state index contributed by atoms with van der Waals surface area (Å²) in [6.07, 6.45) is 3.21. The Kier molecular flexibility index (Phi) is 10.9. The Hall–Kier alpha value is -5.45. The molecule has 3 aliphatic heterocycles. The number of phenolic OH excluding ortho intramolecular Hbond substituents is 1. The van der Waals surface area contributed by atoms with Gasteiger partial charge in [0, 0.05) is 62.5 Å². The molecule has 4 aromatic rings. The first-order valence-electron chi connectivity index (χ1n) is 19.9. The number of piperazine rings is 1. The van der Waals surface area contributed by atoms with Crippen molar-refractivity contribution in [3.8, 4) is 11.5 Å².